The molecule has 0 rings (SSSR count). The van der Waals surface area contributed by atoms with Crippen LogP contribution in [0.3, 0.4) is 0 Å². The summed E-state index contributed by atoms with van der Waals surface area (Å²) >= 11 is 0. The van der Waals surface area contributed by atoms with E-state index in [1.54, 1.807) is 0 Å². The third kappa shape index (κ3) is 36.1. The minimum absolute atomic E-state index is 0. The minimum Gasteiger partial charge on any atom is -0.550 e. The number of hydrogen-bond acceptors (Lipinski definition) is 6. The molecule has 0 aliphatic rings. The molecule has 100 valence electrons. The van der Waals surface area contributed by atoms with Crippen molar-refractivity contribution in [2.24, 2.45) is 0 Å². The largest absolute Gasteiger partial charge is 2.00 e. The smallest absolute Gasteiger partial charge is 0.550 e. The van der Waals surface area contributed by atoms with E-state index < -0.39 is 11.9 Å². The van der Waals surface area contributed by atoms with E-state index in [9.17, 15) is 29.4 Å². The number of ketones is 2. The molecule has 0 saturated heterocycles. The van der Waals surface area contributed by atoms with Gasteiger partial charge >= 0.3 is 37.7 Å². The summed E-state index contributed by atoms with van der Waals surface area (Å²) in [6, 6.07) is 0. The van der Waals surface area contributed by atoms with Crippen molar-refractivity contribution in [3.8, 4) is 0 Å². The number of carboxylic acid groups (broad SMARTS) is 2. The van der Waals surface area contributed by atoms with Gasteiger partial charge in [-0.25, -0.2) is 0 Å². The van der Waals surface area contributed by atoms with E-state index in [0.29, 0.717) is 0 Å². The van der Waals surface area contributed by atoms with Gasteiger partial charge in [0.15, 0.2) is 0 Å². The van der Waals surface area contributed by atoms with Gasteiger partial charge in [-0.2, -0.15) is 0 Å². The number of aliphatic carboxylic acids is 2. The van der Waals surface area contributed by atoms with Crippen molar-refractivity contribution in [2.45, 2.75) is 39.5 Å². The molecule has 0 aromatic heterocycles. The van der Waals surface area contributed by atoms with Gasteiger partial charge in [0.05, 0.1) is 0 Å². The zero-order valence-corrected chi connectivity index (χ0v) is 12.7. The quantitative estimate of drug-likeness (QED) is 0.476. The maximum absolute atomic E-state index is 10.1. The summed E-state index contributed by atoms with van der Waals surface area (Å²) in [5, 5.41) is 19.3. The van der Waals surface area contributed by atoms with E-state index >= 15 is 0 Å². The van der Waals surface area contributed by atoms with Gasteiger partial charge in [0.1, 0.15) is 11.6 Å². The maximum Gasteiger partial charge on any atom is 2.00 e. The average Bonchev–Trinajstić information content (AvgIpc) is 2.12. The maximum atomic E-state index is 10.1. The average molecular weight is 288 g/mol. The van der Waals surface area contributed by atoms with Gasteiger partial charge in [-0.3, -0.25) is 0 Å². The van der Waals surface area contributed by atoms with Gasteiger partial charge in [0.2, 0.25) is 0 Å². The van der Waals surface area contributed by atoms with Crippen molar-refractivity contribution in [1.29, 1.82) is 0 Å². The van der Waals surface area contributed by atoms with Gasteiger partial charge in [0, 0.05) is 24.8 Å². The van der Waals surface area contributed by atoms with Crippen LogP contribution in [0.4, 0.5) is 0 Å². The Balaban J connectivity index is -0.0000000980. The molecule has 18 heavy (non-hydrogen) atoms. The molecule has 0 unspecified atom stereocenters. The molecule has 0 heterocycles. The molecule has 0 spiro atoms. The molecule has 0 aromatic rings. The standard InChI is InChI=1S/2C5H8O3.Ca.H2O/c2*1-4(6)2-3-5(7)8;;/h2*2-3H2,1H3,(H,7,8);;1H2/q;;+2;/p-2. The molecular weight excluding hydrogens is 272 g/mol. The molecule has 2 N–H and O–H groups in total. The van der Waals surface area contributed by atoms with E-state index in [1.807, 2.05) is 0 Å². The van der Waals surface area contributed by atoms with Gasteiger partial charge in [0.25, 0.3) is 0 Å². The third-order valence-corrected chi connectivity index (χ3v) is 1.36. The number of hydrogen-bond donors (Lipinski definition) is 0. The Hall–Kier alpha value is -0.500. The summed E-state index contributed by atoms with van der Waals surface area (Å²) in [6.45, 7) is 2.70. The van der Waals surface area contributed by atoms with Gasteiger partial charge in [-0.05, 0) is 26.7 Å². The number of rotatable bonds is 6. The van der Waals surface area contributed by atoms with Crippen molar-refractivity contribution in [3.05, 3.63) is 0 Å². The van der Waals surface area contributed by atoms with Crippen molar-refractivity contribution in [1.82, 2.24) is 0 Å². The first kappa shape index (κ1) is 26.1. The zero-order valence-electron chi connectivity index (χ0n) is 10.5. The Kier molecular flexibility index (Phi) is 24.0. The molecule has 0 aliphatic heterocycles. The van der Waals surface area contributed by atoms with Crippen LogP contribution in [0.25, 0.3) is 0 Å². The topological polar surface area (TPSA) is 146 Å². The van der Waals surface area contributed by atoms with E-state index in [4.69, 9.17) is 0 Å². The summed E-state index contributed by atoms with van der Waals surface area (Å²) in [5.74, 6) is -2.57. The van der Waals surface area contributed by atoms with E-state index in [0.717, 1.165) is 0 Å². The fraction of sp³-hybridized carbons (Fsp3) is 0.600. The first-order valence-corrected chi connectivity index (χ1v) is 4.64. The molecule has 7 nitrogen and oxygen atoms in total. The van der Waals surface area contributed by atoms with Gasteiger partial charge in [-0.1, -0.05) is 0 Å². The molecule has 0 aliphatic carbocycles. The molecular formula is C10H16CaO7. The second-order valence-electron chi connectivity index (χ2n) is 3.15. The van der Waals surface area contributed by atoms with Crippen LogP contribution in [0.1, 0.15) is 39.5 Å². The Morgan fingerprint density at radius 2 is 0.944 bits per heavy atom. The molecule has 0 radical (unpaired) electrons. The van der Waals surface area contributed by atoms with E-state index in [1.165, 1.54) is 13.8 Å². The molecule has 0 atom stereocenters. The summed E-state index contributed by atoms with van der Waals surface area (Å²) in [6.07, 6.45) is -0.144. The summed E-state index contributed by atoms with van der Waals surface area (Å²) in [7, 11) is 0. The number of carbonyl (C=O) groups excluding carboxylic acids is 4. The molecule has 0 fully saturated rings. The molecule has 0 bridgehead atoms. The van der Waals surface area contributed by atoms with Gasteiger partial charge in [-0.15, -0.1) is 0 Å². The van der Waals surface area contributed by atoms with Crippen LogP contribution in [-0.2, 0) is 19.2 Å². The van der Waals surface area contributed by atoms with Crippen LogP contribution in [0.2, 0.25) is 0 Å². The normalized spacial score (nSPS) is 7.67. The first-order chi connectivity index (χ1) is 7.25. The van der Waals surface area contributed by atoms with Crippen molar-refractivity contribution >= 4 is 61.2 Å². The minimum atomic E-state index is -1.17. The summed E-state index contributed by atoms with van der Waals surface area (Å²) in [5.41, 5.74) is 0. The van der Waals surface area contributed by atoms with Crippen LogP contribution in [0, 0.1) is 0 Å². The molecule has 0 amide bonds. The second-order valence-corrected chi connectivity index (χ2v) is 3.15. The summed E-state index contributed by atoms with van der Waals surface area (Å²) < 4.78 is 0. The Labute approximate surface area is 135 Å². The Morgan fingerprint density at radius 1 is 0.722 bits per heavy atom. The third-order valence-electron chi connectivity index (χ3n) is 1.36. The monoisotopic (exact) mass is 288 g/mol. The van der Waals surface area contributed by atoms with E-state index in [-0.39, 0.29) is 80.5 Å². The predicted octanol–water partition coefficient (Wildman–Crippen LogP) is -2.99. The first-order valence-electron chi connectivity index (χ1n) is 4.64. The van der Waals surface area contributed by atoms with Crippen LogP contribution < -0.4 is 10.2 Å². The molecule has 0 saturated carbocycles. The summed E-state index contributed by atoms with van der Waals surface area (Å²) in [4.78, 5) is 39.4. The van der Waals surface area contributed by atoms with E-state index in [2.05, 4.69) is 0 Å². The SMILES string of the molecule is CC(=O)CCC(=O)[O-].CC(=O)CCC(=O)[O-].O.[Ca+2]. The Morgan fingerprint density at radius 3 is 1.00 bits per heavy atom. The zero-order chi connectivity index (χ0) is 13.1. The predicted molar refractivity (Wildman–Crippen MR) is 59.2 cm³/mol. The van der Waals surface area contributed by atoms with Crippen molar-refractivity contribution in [3.63, 3.8) is 0 Å². The number of carboxylic acids is 2. The van der Waals surface area contributed by atoms with Crippen LogP contribution in [-0.4, -0.2) is 66.7 Å². The molecule has 0 aromatic carbocycles. The second kappa shape index (κ2) is 16.5. The fourth-order valence-electron chi connectivity index (χ4n) is 0.556. The number of carbonyl (C=O) groups is 4. The van der Waals surface area contributed by atoms with Crippen LogP contribution in [0.15, 0.2) is 0 Å². The van der Waals surface area contributed by atoms with Crippen molar-refractivity contribution in [2.75, 3.05) is 0 Å². The van der Waals surface area contributed by atoms with Gasteiger partial charge < -0.3 is 34.9 Å². The Bertz CT molecular complexity index is 219. The number of Topliss-reactive ketones (excluding diaryl/α,β-unsaturated/α-hetero) is 2. The fourth-order valence-corrected chi connectivity index (χ4v) is 0.556. The molecule has 8 heteroatoms. The van der Waals surface area contributed by atoms with Crippen LogP contribution >= 0.6 is 0 Å². The van der Waals surface area contributed by atoms with Crippen LogP contribution in [0.5, 0.6) is 0 Å². The van der Waals surface area contributed by atoms with Crippen molar-refractivity contribution < 1.29 is 34.9 Å².